The van der Waals surface area contributed by atoms with Crippen LogP contribution < -0.4 is 20.9 Å². The second-order valence-corrected chi connectivity index (χ2v) is 20.0. The van der Waals surface area contributed by atoms with Crippen LogP contribution in [0.3, 0.4) is 0 Å². The molecule has 0 aliphatic heterocycles. The van der Waals surface area contributed by atoms with E-state index >= 15 is 0 Å². The Morgan fingerprint density at radius 3 is 2.25 bits per heavy atom. The number of aromatic nitrogens is 1. The number of amides is 1. The molecule has 0 aliphatic rings. The van der Waals surface area contributed by atoms with E-state index < -0.39 is 19.9 Å². The summed E-state index contributed by atoms with van der Waals surface area (Å²) in [6.45, 7) is 12.9. The van der Waals surface area contributed by atoms with Crippen LogP contribution in [0.1, 0.15) is 73.2 Å². The van der Waals surface area contributed by atoms with E-state index in [1.54, 1.807) is 66.7 Å². The lowest BCUT2D eigenvalue weighted by Crippen LogP contribution is -2.43. The first kappa shape index (κ1) is 40.9. The third kappa shape index (κ3) is 9.89. The highest BCUT2D eigenvalue weighted by Crippen LogP contribution is 2.41. The fourth-order valence-corrected chi connectivity index (χ4v) is 7.34. The standard InChI is InChI=1S/C43H51N3O8Si/c1-42(2,3)55(4,5)54-37(34-21-23-36(47)39-35(34)22-24-38(48)46-39)28-44-25-10-7-11-26-53-33-19-17-29(18-20-33)40(49)45-32-16-12-15-31(27-32)43(52,41(50)51)30-13-8-6-9-14-30/h6,8-9,12-24,27,37,44,47,52H,7,10-11,25-26,28H2,1-5H3,(H,45,49)(H,46,48)(H,50,51). The summed E-state index contributed by atoms with van der Waals surface area (Å²) in [5.41, 5.74) is -0.173. The van der Waals surface area contributed by atoms with Crippen LogP contribution in [0.15, 0.2) is 108 Å². The smallest absolute Gasteiger partial charge is 0.345 e. The summed E-state index contributed by atoms with van der Waals surface area (Å²) in [6.07, 6.45) is 2.43. The SMILES string of the molecule is CC(C)(C)[Si](C)(C)OC(CNCCCCCOc1ccc(C(=O)Nc2cccc(C(O)(C(=O)O)c3ccccc3)c2)cc1)c1ccc(O)c2[nH]c(=O)ccc12. The number of aromatic amines is 1. The number of benzene rings is 4. The molecule has 6 N–H and O–H groups in total. The van der Waals surface area contributed by atoms with Gasteiger partial charge >= 0.3 is 5.97 Å². The maximum Gasteiger partial charge on any atom is 0.345 e. The summed E-state index contributed by atoms with van der Waals surface area (Å²) in [5.74, 6) is -1.15. The van der Waals surface area contributed by atoms with E-state index in [0.29, 0.717) is 35.7 Å². The number of pyridine rings is 1. The molecule has 12 heteroatoms. The van der Waals surface area contributed by atoms with Crippen LogP contribution in [0.2, 0.25) is 18.1 Å². The molecule has 0 aliphatic carbocycles. The molecular weight excluding hydrogens is 715 g/mol. The van der Waals surface area contributed by atoms with Crippen molar-refractivity contribution in [2.24, 2.45) is 0 Å². The van der Waals surface area contributed by atoms with Crippen molar-refractivity contribution < 1.29 is 34.1 Å². The molecule has 1 aromatic heterocycles. The van der Waals surface area contributed by atoms with Crippen LogP contribution >= 0.6 is 0 Å². The van der Waals surface area contributed by atoms with Gasteiger partial charge in [-0.2, -0.15) is 0 Å². The van der Waals surface area contributed by atoms with Crippen molar-refractivity contribution in [3.05, 3.63) is 136 Å². The van der Waals surface area contributed by atoms with Crippen molar-refractivity contribution >= 4 is 36.8 Å². The number of carbonyl (C=O) groups is 2. The zero-order valence-corrected chi connectivity index (χ0v) is 33.0. The van der Waals surface area contributed by atoms with Gasteiger partial charge in [-0.1, -0.05) is 69.3 Å². The molecule has 5 aromatic rings. The molecule has 0 spiro atoms. The van der Waals surface area contributed by atoms with Crippen molar-refractivity contribution in [2.75, 3.05) is 25.0 Å². The number of hydrogen-bond acceptors (Lipinski definition) is 8. The Balaban J connectivity index is 1.09. The number of aromatic hydroxyl groups is 1. The second-order valence-electron chi connectivity index (χ2n) is 15.2. The molecule has 2 atom stereocenters. The third-order valence-corrected chi connectivity index (χ3v) is 14.7. The predicted octanol–water partition coefficient (Wildman–Crippen LogP) is 7.71. The Kier molecular flexibility index (Phi) is 13.0. The lowest BCUT2D eigenvalue weighted by Gasteiger charge is -2.39. The van der Waals surface area contributed by atoms with Crippen LogP contribution in [0, 0.1) is 0 Å². The van der Waals surface area contributed by atoms with Gasteiger partial charge in [-0.25, -0.2) is 4.79 Å². The fourth-order valence-electron chi connectivity index (χ4n) is 6.06. The van der Waals surface area contributed by atoms with Gasteiger partial charge in [-0.15, -0.1) is 0 Å². The molecule has 0 bridgehead atoms. The van der Waals surface area contributed by atoms with Gasteiger partial charge in [0.25, 0.3) is 5.91 Å². The predicted molar refractivity (Wildman–Crippen MR) is 217 cm³/mol. The minimum absolute atomic E-state index is 0.00519. The monoisotopic (exact) mass is 765 g/mol. The van der Waals surface area contributed by atoms with Gasteiger partial charge in [0.05, 0.1) is 18.2 Å². The quantitative estimate of drug-likeness (QED) is 0.0410. The maximum absolute atomic E-state index is 13.0. The normalized spacial score (nSPS) is 13.6. The zero-order chi connectivity index (χ0) is 39.8. The van der Waals surface area contributed by atoms with Gasteiger partial charge in [0, 0.05) is 34.8 Å². The highest BCUT2D eigenvalue weighted by atomic mass is 28.4. The molecule has 1 heterocycles. The molecule has 0 radical (unpaired) electrons. The van der Waals surface area contributed by atoms with Gasteiger partial charge in [-0.3, -0.25) is 9.59 Å². The first-order valence-electron chi connectivity index (χ1n) is 18.5. The van der Waals surface area contributed by atoms with Gasteiger partial charge in [-0.05, 0) is 104 Å². The average Bonchev–Trinajstić information content (AvgIpc) is 3.15. The average molecular weight is 766 g/mol. The molecule has 0 saturated heterocycles. The number of phenols is 1. The summed E-state index contributed by atoms with van der Waals surface area (Å²) in [6, 6.07) is 27.8. The Morgan fingerprint density at radius 2 is 1.56 bits per heavy atom. The van der Waals surface area contributed by atoms with Crippen LogP contribution in [-0.2, 0) is 14.8 Å². The number of hydrogen-bond donors (Lipinski definition) is 6. The first-order valence-corrected chi connectivity index (χ1v) is 21.4. The number of nitrogens with one attached hydrogen (secondary N) is 3. The molecule has 0 fully saturated rings. The number of H-pyrrole nitrogens is 1. The number of anilines is 1. The van der Waals surface area contributed by atoms with E-state index in [1.807, 2.05) is 6.07 Å². The highest BCUT2D eigenvalue weighted by Gasteiger charge is 2.41. The molecule has 2 unspecified atom stereocenters. The topological polar surface area (TPSA) is 170 Å². The lowest BCUT2D eigenvalue weighted by atomic mass is 9.86. The largest absolute Gasteiger partial charge is 0.506 e. The molecule has 4 aromatic carbocycles. The number of phenolic OH excluding ortho intramolecular Hbond substituents is 1. The second kappa shape index (κ2) is 17.5. The minimum Gasteiger partial charge on any atom is -0.506 e. The number of carboxylic acids is 1. The number of unbranched alkanes of at least 4 members (excludes halogenated alkanes) is 2. The van der Waals surface area contributed by atoms with Crippen molar-refractivity contribution in [3.8, 4) is 11.5 Å². The van der Waals surface area contributed by atoms with E-state index in [9.17, 15) is 29.7 Å². The number of aliphatic hydroxyl groups is 1. The molecule has 5 rings (SSSR count). The first-order chi connectivity index (χ1) is 26.1. The van der Waals surface area contributed by atoms with E-state index in [1.165, 1.54) is 30.3 Å². The maximum atomic E-state index is 13.0. The van der Waals surface area contributed by atoms with Crippen molar-refractivity contribution in [2.45, 2.75) is 69.9 Å². The fraction of sp³-hybridized carbons (Fsp3) is 0.326. The number of ether oxygens (including phenoxy) is 1. The Hall–Kier alpha value is -5.27. The molecular formula is C43H51N3O8Si. The van der Waals surface area contributed by atoms with Gasteiger partial charge in [0.2, 0.25) is 11.2 Å². The lowest BCUT2D eigenvalue weighted by molar-refractivity contribution is -0.155. The van der Waals surface area contributed by atoms with E-state index in [0.717, 1.165) is 36.8 Å². The number of rotatable bonds is 17. The number of carbonyl (C=O) groups excluding carboxylic acids is 1. The summed E-state index contributed by atoms with van der Waals surface area (Å²) < 4.78 is 12.8. The Morgan fingerprint density at radius 1 is 0.855 bits per heavy atom. The molecule has 290 valence electrons. The number of aliphatic carboxylic acids is 1. The summed E-state index contributed by atoms with van der Waals surface area (Å²) in [5, 5.41) is 38.6. The molecule has 11 nitrogen and oxygen atoms in total. The van der Waals surface area contributed by atoms with Crippen molar-refractivity contribution in [1.82, 2.24) is 10.3 Å². The van der Waals surface area contributed by atoms with Crippen molar-refractivity contribution in [1.29, 1.82) is 0 Å². The highest BCUT2D eigenvalue weighted by molar-refractivity contribution is 6.74. The van der Waals surface area contributed by atoms with Crippen molar-refractivity contribution in [3.63, 3.8) is 0 Å². The summed E-state index contributed by atoms with van der Waals surface area (Å²) >= 11 is 0. The van der Waals surface area contributed by atoms with Gasteiger partial charge in [0.1, 0.15) is 11.5 Å². The van der Waals surface area contributed by atoms with Gasteiger partial charge < -0.3 is 40.1 Å². The number of fused-ring (bicyclic) bond motifs is 1. The molecule has 55 heavy (non-hydrogen) atoms. The summed E-state index contributed by atoms with van der Waals surface area (Å²) in [7, 11) is -2.17. The van der Waals surface area contributed by atoms with E-state index in [2.05, 4.69) is 49.5 Å². The van der Waals surface area contributed by atoms with Crippen LogP contribution in [0.25, 0.3) is 10.9 Å². The summed E-state index contributed by atoms with van der Waals surface area (Å²) in [4.78, 5) is 40.0. The Bertz CT molecular complexity index is 2150. The van der Waals surface area contributed by atoms with E-state index in [-0.39, 0.29) is 39.5 Å². The third-order valence-electron chi connectivity index (χ3n) is 10.2. The van der Waals surface area contributed by atoms with Crippen LogP contribution in [0.5, 0.6) is 11.5 Å². The zero-order valence-electron chi connectivity index (χ0n) is 32.0. The molecule has 0 saturated carbocycles. The van der Waals surface area contributed by atoms with Gasteiger partial charge in [0.15, 0.2) is 8.32 Å². The number of carboxylic acid groups (broad SMARTS) is 1. The Labute approximate surface area is 322 Å². The van der Waals surface area contributed by atoms with Crippen LogP contribution in [-0.4, -0.2) is 60.2 Å². The van der Waals surface area contributed by atoms with Crippen LogP contribution in [0.4, 0.5) is 5.69 Å². The van der Waals surface area contributed by atoms with E-state index in [4.69, 9.17) is 9.16 Å². The molecule has 1 amide bonds. The minimum atomic E-state index is -2.28.